The fourth-order valence-electron chi connectivity index (χ4n) is 2.16. The molecule has 18 heavy (non-hydrogen) atoms. The van der Waals surface area contributed by atoms with Crippen LogP contribution >= 0.6 is 0 Å². The van der Waals surface area contributed by atoms with E-state index in [4.69, 9.17) is 10.00 Å². The summed E-state index contributed by atoms with van der Waals surface area (Å²) in [4.78, 5) is 2.34. The highest BCUT2D eigenvalue weighted by molar-refractivity contribution is 5.33. The summed E-state index contributed by atoms with van der Waals surface area (Å²) in [6.45, 7) is 3.44. The lowest BCUT2D eigenvalue weighted by Crippen LogP contribution is -2.32. The molecule has 1 atom stereocenters. The molecule has 1 aromatic rings. The second-order valence-electron chi connectivity index (χ2n) is 4.49. The monoisotopic (exact) mass is 245 g/mol. The van der Waals surface area contributed by atoms with Crippen molar-refractivity contribution in [2.24, 2.45) is 0 Å². The largest absolute Gasteiger partial charge is 0.492 e. The van der Waals surface area contributed by atoms with Crippen molar-refractivity contribution in [2.75, 3.05) is 26.7 Å². The quantitative estimate of drug-likeness (QED) is 0.870. The van der Waals surface area contributed by atoms with E-state index >= 15 is 0 Å². The number of hydrogen-bond acceptors (Lipinski definition) is 4. The van der Waals surface area contributed by atoms with Crippen LogP contribution in [0.4, 0.5) is 0 Å². The molecule has 0 saturated heterocycles. The smallest absolute Gasteiger partial charge is 0.123 e. The Morgan fingerprint density at radius 2 is 2.33 bits per heavy atom. The highest BCUT2D eigenvalue weighted by atomic mass is 16.5. The molecule has 96 valence electrons. The Balaban J connectivity index is 1.94. The minimum atomic E-state index is -0.0654. The lowest BCUT2D eigenvalue weighted by atomic mass is 10.1. The zero-order valence-electron chi connectivity index (χ0n) is 10.7. The van der Waals surface area contributed by atoms with Crippen LogP contribution in [0.5, 0.6) is 5.75 Å². The molecule has 0 spiro atoms. The van der Waals surface area contributed by atoms with E-state index in [2.05, 4.69) is 22.4 Å². The predicted molar refractivity (Wildman–Crippen MR) is 70.3 cm³/mol. The van der Waals surface area contributed by atoms with Gasteiger partial charge < -0.3 is 10.1 Å². The van der Waals surface area contributed by atoms with Crippen LogP contribution in [-0.4, -0.2) is 37.7 Å². The number of fused-ring (bicyclic) bond motifs is 1. The molecular weight excluding hydrogens is 226 g/mol. The first-order valence-corrected chi connectivity index (χ1v) is 6.33. The minimum Gasteiger partial charge on any atom is -0.492 e. The molecule has 0 bridgehead atoms. The maximum Gasteiger partial charge on any atom is 0.123 e. The van der Waals surface area contributed by atoms with Crippen molar-refractivity contribution in [1.29, 1.82) is 5.26 Å². The third-order valence-corrected chi connectivity index (χ3v) is 3.27. The Hall–Kier alpha value is -1.57. The molecule has 1 aromatic carbocycles. The summed E-state index contributed by atoms with van der Waals surface area (Å²) >= 11 is 0. The van der Waals surface area contributed by atoms with Crippen molar-refractivity contribution >= 4 is 0 Å². The van der Waals surface area contributed by atoms with E-state index in [9.17, 15) is 0 Å². The van der Waals surface area contributed by atoms with E-state index in [1.807, 2.05) is 25.2 Å². The van der Waals surface area contributed by atoms with Crippen LogP contribution < -0.4 is 10.1 Å². The zero-order chi connectivity index (χ0) is 12.8. The zero-order valence-corrected chi connectivity index (χ0v) is 10.7. The molecule has 0 amide bonds. The first-order valence-electron chi connectivity index (χ1n) is 6.33. The van der Waals surface area contributed by atoms with Gasteiger partial charge in [-0.1, -0.05) is 18.2 Å². The fraction of sp³-hybridized carbons (Fsp3) is 0.500. The van der Waals surface area contributed by atoms with E-state index < -0.39 is 0 Å². The van der Waals surface area contributed by atoms with Crippen LogP contribution in [0.15, 0.2) is 24.3 Å². The standard InChI is InChI=1S/C14H19N3O/c1-16-13(10-15)6-7-17-8-9-18-14-5-3-2-4-12(14)11-17/h2-5,13,16H,6-9,11H2,1H3. The van der Waals surface area contributed by atoms with Gasteiger partial charge in [0.2, 0.25) is 0 Å². The van der Waals surface area contributed by atoms with Crippen molar-refractivity contribution in [3.8, 4) is 11.8 Å². The molecule has 2 rings (SSSR count). The summed E-state index contributed by atoms with van der Waals surface area (Å²) in [5.74, 6) is 0.991. The Morgan fingerprint density at radius 3 is 3.11 bits per heavy atom. The number of rotatable bonds is 4. The van der Waals surface area contributed by atoms with E-state index in [0.717, 1.165) is 31.8 Å². The molecule has 4 heteroatoms. The van der Waals surface area contributed by atoms with Gasteiger partial charge in [-0.2, -0.15) is 5.26 Å². The fourth-order valence-corrected chi connectivity index (χ4v) is 2.16. The van der Waals surface area contributed by atoms with E-state index in [0.29, 0.717) is 6.61 Å². The van der Waals surface area contributed by atoms with Crippen LogP contribution in [0.3, 0.4) is 0 Å². The highest BCUT2D eigenvalue weighted by Crippen LogP contribution is 2.22. The number of benzene rings is 1. The predicted octanol–water partition coefficient (Wildman–Crippen LogP) is 1.38. The van der Waals surface area contributed by atoms with Crippen LogP contribution in [-0.2, 0) is 6.54 Å². The molecular formula is C14H19N3O. The summed E-state index contributed by atoms with van der Waals surface area (Å²) in [6, 6.07) is 10.4. The lowest BCUT2D eigenvalue weighted by molar-refractivity contribution is 0.221. The molecule has 0 radical (unpaired) electrons. The summed E-state index contributed by atoms with van der Waals surface area (Å²) in [7, 11) is 1.83. The molecule has 0 aromatic heterocycles. The molecule has 1 heterocycles. The van der Waals surface area contributed by atoms with Crippen molar-refractivity contribution in [1.82, 2.24) is 10.2 Å². The normalized spacial score (nSPS) is 17.1. The van der Waals surface area contributed by atoms with Gasteiger partial charge in [0.05, 0.1) is 12.1 Å². The Kier molecular flexibility index (Phi) is 4.57. The van der Waals surface area contributed by atoms with Gasteiger partial charge in [-0.15, -0.1) is 0 Å². The number of ether oxygens (including phenoxy) is 1. The summed E-state index contributed by atoms with van der Waals surface area (Å²) in [5.41, 5.74) is 1.23. The van der Waals surface area contributed by atoms with Gasteiger partial charge in [-0.05, 0) is 19.5 Å². The van der Waals surface area contributed by atoms with Gasteiger partial charge in [0.25, 0.3) is 0 Å². The Morgan fingerprint density at radius 1 is 1.50 bits per heavy atom. The van der Waals surface area contributed by atoms with Gasteiger partial charge in [-0.25, -0.2) is 0 Å². The third kappa shape index (κ3) is 3.22. The van der Waals surface area contributed by atoms with Gasteiger partial charge >= 0.3 is 0 Å². The lowest BCUT2D eigenvalue weighted by Gasteiger charge is -2.20. The molecule has 0 saturated carbocycles. The van der Waals surface area contributed by atoms with Gasteiger partial charge in [-0.3, -0.25) is 4.90 Å². The van der Waals surface area contributed by atoms with E-state index in [-0.39, 0.29) is 6.04 Å². The van der Waals surface area contributed by atoms with Crippen LogP contribution in [0.1, 0.15) is 12.0 Å². The van der Waals surface area contributed by atoms with Crippen LogP contribution in [0, 0.1) is 11.3 Å². The van der Waals surface area contributed by atoms with Gasteiger partial charge in [0.1, 0.15) is 12.4 Å². The highest BCUT2D eigenvalue weighted by Gasteiger charge is 2.15. The van der Waals surface area contributed by atoms with E-state index in [1.165, 1.54) is 5.56 Å². The number of nitrogens with one attached hydrogen (secondary N) is 1. The SMILES string of the molecule is CNC(C#N)CCN1CCOc2ccccc2C1. The summed E-state index contributed by atoms with van der Waals surface area (Å²) in [6.07, 6.45) is 0.842. The number of para-hydroxylation sites is 1. The van der Waals surface area contributed by atoms with Crippen LogP contribution in [0.25, 0.3) is 0 Å². The summed E-state index contributed by atoms with van der Waals surface area (Å²) < 4.78 is 5.72. The second kappa shape index (κ2) is 6.39. The number of hydrogen-bond donors (Lipinski definition) is 1. The second-order valence-corrected chi connectivity index (χ2v) is 4.49. The molecule has 0 aliphatic carbocycles. The first-order chi connectivity index (χ1) is 8.83. The van der Waals surface area contributed by atoms with Crippen molar-refractivity contribution in [2.45, 2.75) is 19.0 Å². The molecule has 1 unspecified atom stereocenters. The van der Waals surface area contributed by atoms with Crippen LogP contribution in [0.2, 0.25) is 0 Å². The molecule has 1 aliphatic rings. The van der Waals surface area contributed by atoms with Crippen molar-refractivity contribution < 1.29 is 4.74 Å². The van der Waals surface area contributed by atoms with Gasteiger partial charge in [0, 0.05) is 25.2 Å². The van der Waals surface area contributed by atoms with Crippen molar-refractivity contribution in [3.63, 3.8) is 0 Å². The maximum absolute atomic E-state index is 8.91. The van der Waals surface area contributed by atoms with E-state index in [1.54, 1.807) is 0 Å². The Labute approximate surface area is 108 Å². The average Bonchev–Trinajstić information content (AvgIpc) is 2.61. The first kappa shape index (κ1) is 12.9. The molecule has 0 fully saturated rings. The molecule has 4 nitrogen and oxygen atoms in total. The number of nitriles is 1. The van der Waals surface area contributed by atoms with Crippen molar-refractivity contribution in [3.05, 3.63) is 29.8 Å². The topological polar surface area (TPSA) is 48.3 Å². The average molecular weight is 245 g/mol. The van der Waals surface area contributed by atoms with Gasteiger partial charge in [0.15, 0.2) is 0 Å². The molecule has 1 aliphatic heterocycles. The maximum atomic E-state index is 8.91. The number of nitrogens with zero attached hydrogens (tertiary/aromatic N) is 2. The summed E-state index contributed by atoms with van der Waals surface area (Å²) in [5, 5.41) is 11.9. The minimum absolute atomic E-state index is 0.0654. The third-order valence-electron chi connectivity index (χ3n) is 3.27. The molecule has 1 N–H and O–H groups in total. The Bertz CT molecular complexity index is 427.